The van der Waals surface area contributed by atoms with Crippen molar-refractivity contribution in [2.24, 2.45) is 9.50 Å². The molecule has 0 bridgehead atoms. The number of nitrogens with zero attached hydrogens (tertiary/aromatic N) is 2. The summed E-state index contributed by atoms with van der Waals surface area (Å²) in [5, 5.41) is 26.1. The fourth-order valence-electron chi connectivity index (χ4n) is 3.57. The number of aliphatic hydroxyl groups is 2. The fourth-order valence-corrected chi connectivity index (χ4v) is 6.10. The molecule has 0 saturated heterocycles. The second kappa shape index (κ2) is 10.7. The molecule has 0 spiro atoms. The first-order valence-electron chi connectivity index (χ1n) is 10.8. The van der Waals surface area contributed by atoms with Crippen LogP contribution in [0.2, 0.25) is 0 Å². The highest BCUT2D eigenvalue weighted by Gasteiger charge is 2.28. The van der Waals surface area contributed by atoms with Crippen molar-refractivity contribution in [2.75, 3.05) is 7.11 Å². The summed E-state index contributed by atoms with van der Waals surface area (Å²) in [4.78, 5) is 17.1. The van der Waals surface area contributed by atoms with Crippen molar-refractivity contribution < 1.29 is 24.0 Å². The first-order chi connectivity index (χ1) is 15.2. The first kappa shape index (κ1) is 27.6. The van der Waals surface area contributed by atoms with E-state index < -0.39 is 28.0 Å². The molecular formula is C23H35N3O5S2. The van der Waals surface area contributed by atoms with Gasteiger partial charge in [0.25, 0.3) is 5.91 Å². The summed E-state index contributed by atoms with van der Waals surface area (Å²) in [6.45, 7) is 11.2. The number of methoxy groups -OCH3 is 1. The molecule has 0 saturated carbocycles. The summed E-state index contributed by atoms with van der Waals surface area (Å²) in [6, 6.07) is 4.07. The van der Waals surface area contributed by atoms with Crippen LogP contribution in [0.15, 0.2) is 20.7 Å². The van der Waals surface area contributed by atoms with Crippen molar-refractivity contribution in [1.29, 1.82) is 0 Å². The Hall–Kier alpha value is -1.69. The van der Waals surface area contributed by atoms with Gasteiger partial charge in [-0.05, 0) is 47.9 Å². The Morgan fingerprint density at radius 1 is 1.24 bits per heavy atom. The van der Waals surface area contributed by atoms with Gasteiger partial charge in [0.1, 0.15) is 14.8 Å². The van der Waals surface area contributed by atoms with Crippen molar-refractivity contribution in [2.45, 2.75) is 82.8 Å². The summed E-state index contributed by atoms with van der Waals surface area (Å²) >= 11 is 0.888. The molecule has 1 amide bonds. The predicted octanol–water partition coefficient (Wildman–Crippen LogP) is 3.73. The van der Waals surface area contributed by atoms with E-state index in [1.54, 1.807) is 7.11 Å². The molecule has 2 rings (SSSR count). The Kier molecular flexibility index (Phi) is 8.94. The van der Waals surface area contributed by atoms with Gasteiger partial charge in [-0.2, -0.15) is 0 Å². The Balaban J connectivity index is 2.54. The van der Waals surface area contributed by atoms with Crippen LogP contribution in [0, 0.1) is 0 Å². The van der Waals surface area contributed by atoms with Crippen LogP contribution in [-0.4, -0.2) is 32.4 Å². The normalized spacial score (nSPS) is 14.1. The molecule has 0 unspecified atom stereocenters. The van der Waals surface area contributed by atoms with Crippen molar-refractivity contribution >= 4 is 27.2 Å². The second-order valence-electron chi connectivity index (χ2n) is 9.20. The number of thiazole rings is 1. The van der Waals surface area contributed by atoms with Crippen LogP contribution in [0.4, 0.5) is 0 Å². The average molecular weight is 498 g/mol. The Morgan fingerprint density at radius 2 is 1.79 bits per heavy atom. The van der Waals surface area contributed by atoms with Crippen molar-refractivity contribution in [3.05, 3.63) is 45.1 Å². The average Bonchev–Trinajstić information content (AvgIpc) is 3.14. The molecule has 0 aliphatic carbocycles. The van der Waals surface area contributed by atoms with E-state index in [0.717, 1.165) is 33.6 Å². The standard InChI is InChI=1S/C23H35N3O5S2/c1-13(2)16-8-15(12-31-7)9-17(14(3)4)18(16)10-20(28)26-33(24,30)21-19(11-27)25-22(32-21)23(5,6)29/h8-9,13-14,27,29H,10-12H2,1-7H3,(H2,24,26,28,30)/t33-/m1/s1. The van der Waals surface area contributed by atoms with Crippen LogP contribution in [0.25, 0.3) is 0 Å². The van der Waals surface area contributed by atoms with E-state index in [0.29, 0.717) is 6.61 Å². The molecule has 1 aromatic carbocycles. The van der Waals surface area contributed by atoms with E-state index in [2.05, 4.69) is 37.0 Å². The summed E-state index contributed by atoms with van der Waals surface area (Å²) in [5.41, 5.74) is 2.65. The third-order valence-corrected chi connectivity index (χ3v) is 8.51. The molecular weight excluding hydrogens is 462 g/mol. The van der Waals surface area contributed by atoms with Crippen LogP contribution < -0.4 is 5.14 Å². The van der Waals surface area contributed by atoms with Gasteiger partial charge in [0.05, 0.1) is 25.3 Å². The highest BCUT2D eigenvalue weighted by molar-refractivity contribution is 7.93. The van der Waals surface area contributed by atoms with Crippen LogP contribution in [0.5, 0.6) is 0 Å². The lowest BCUT2D eigenvalue weighted by Crippen LogP contribution is -2.17. The maximum absolute atomic E-state index is 13.2. The minimum absolute atomic E-state index is 0.000849. The summed E-state index contributed by atoms with van der Waals surface area (Å²) in [5.74, 6) is -0.310. The van der Waals surface area contributed by atoms with Gasteiger partial charge in [-0.1, -0.05) is 39.8 Å². The highest BCUT2D eigenvalue weighted by atomic mass is 32.2. The molecule has 1 aromatic heterocycles. The van der Waals surface area contributed by atoms with Gasteiger partial charge < -0.3 is 14.9 Å². The zero-order chi connectivity index (χ0) is 25.1. The molecule has 8 nitrogen and oxygen atoms in total. The zero-order valence-electron chi connectivity index (χ0n) is 20.3. The van der Waals surface area contributed by atoms with E-state index in [-0.39, 0.29) is 33.2 Å². The van der Waals surface area contributed by atoms with E-state index >= 15 is 0 Å². The van der Waals surface area contributed by atoms with E-state index in [9.17, 15) is 19.2 Å². The smallest absolute Gasteiger partial charge is 0.259 e. The van der Waals surface area contributed by atoms with Gasteiger partial charge in [0.15, 0.2) is 9.92 Å². The quantitative estimate of drug-likeness (QED) is 0.483. The van der Waals surface area contributed by atoms with Crippen molar-refractivity contribution in [3.63, 3.8) is 0 Å². The van der Waals surface area contributed by atoms with E-state index in [1.165, 1.54) is 13.8 Å². The molecule has 2 aromatic rings. The maximum atomic E-state index is 13.2. The maximum Gasteiger partial charge on any atom is 0.259 e. The number of amides is 1. The number of hydrogen-bond acceptors (Lipinski definition) is 7. The van der Waals surface area contributed by atoms with Crippen molar-refractivity contribution in [3.8, 4) is 0 Å². The van der Waals surface area contributed by atoms with Gasteiger partial charge in [-0.15, -0.1) is 15.7 Å². The number of ether oxygens (including phenoxy) is 1. The molecule has 0 aliphatic heterocycles. The Morgan fingerprint density at radius 3 is 2.21 bits per heavy atom. The molecule has 184 valence electrons. The van der Waals surface area contributed by atoms with Gasteiger partial charge in [0.2, 0.25) is 0 Å². The van der Waals surface area contributed by atoms with Crippen LogP contribution >= 0.6 is 11.3 Å². The van der Waals surface area contributed by atoms with E-state index in [4.69, 9.17) is 9.88 Å². The summed E-state index contributed by atoms with van der Waals surface area (Å²) < 4.78 is 22.4. The Bertz CT molecular complexity index is 1090. The van der Waals surface area contributed by atoms with Gasteiger partial charge in [-0.3, -0.25) is 4.79 Å². The van der Waals surface area contributed by atoms with Crippen LogP contribution in [0.1, 0.15) is 86.3 Å². The summed E-state index contributed by atoms with van der Waals surface area (Å²) in [7, 11) is -2.01. The van der Waals surface area contributed by atoms with E-state index in [1.807, 2.05) is 12.1 Å². The number of nitrogens with two attached hydrogens (primary N) is 1. The third-order valence-electron chi connectivity index (χ3n) is 5.10. The minimum atomic E-state index is -3.65. The topological polar surface area (TPSA) is 135 Å². The van der Waals surface area contributed by atoms with Crippen molar-refractivity contribution in [1.82, 2.24) is 4.98 Å². The number of carbonyl (C=O) groups excluding carboxylic acids is 1. The molecule has 1 heterocycles. The second-order valence-corrected chi connectivity index (χ2v) is 12.2. The Labute approximate surface area is 200 Å². The number of carbonyl (C=O) groups is 1. The number of benzene rings is 1. The van der Waals surface area contributed by atoms with Gasteiger partial charge >= 0.3 is 0 Å². The lowest BCUT2D eigenvalue weighted by atomic mass is 9.85. The SMILES string of the molecule is COCc1cc(C(C)C)c(CC(=O)N=[S@@](N)(=O)c2sc(C(C)(C)O)nc2CO)c(C(C)C)c1. The third kappa shape index (κ3) is 6.68. The molecule has 33 heavy (non-hydrogen) atoms. The minimum Gasteiger partial charge on any atom is -0.390 e. The number of aromatic nitrogens is 1. The number of hydrogen-bond donors (Lipinski definition) is 3. The lowest BCUT2D eigenvalue weighted by Gasteiger charge is -2.21. The summed E-state index contributed by atoms with van der Waals surface area (Å²) in [6.07, 6.45) is -0.0475. The predicted molar refractivity (Wildman–Crippen MR) is 130 cm³/mol. The zero-order valence-corrected chi connectivity index (χ0v) is 22.0. The molecule has 4 N–H and O–H groups in total. The monoisotopic (exact) mass is 497 g/mol. The highest BCUT2D eigenvalue weighted by Crippen LogP contribution is 2.33. The number of rotatable bonds is 9. The molecule has 0 radical (unpaired) electrons. The number of aliphatic hydroxyl groups excluding tert-OH is 1. The lowest BCUT2D eigenvalue weighted by molar-refractivity contribution is -0.117. The molecule has 0 fully saturated rings. The van der Waals surface area contributed by atoms with Crippen LogP contribution in [0.3, 0.4) is 0 Å². The largest absolute Gasteiger partial charge is 0.390 e. The fraction of sp³-hybridized carbons (Fsp3) is 0.565. The van der Waals surface area contributed by atoms with Gasteiger partial charge in [0, 0.05) is 7.11 Å². The van der Waals surface area contributed by atoms with Gasteiger partial charge in [-0.25, -0.2) is 14.3 Å². The van der Waals surface area contributed by atoms with Crippen LogP contribution in [-0.2, 0) is 44.7 Å². The molecule has 0 aliphatic rings. The molecule has 1 atom stereocenters. The molecule has 10 heteroatoms. The first-order valence-corrected chi connectivity index (χ1v) is 13.2.